The van der Waals surface area contributed by atoms with Gasteiger partial charge in [0.2, 0.25) is 5.95 Å². The number of ether oxygens (including phenoxy) is 1. The van der Waals surface area contributed by atoms with Crippen LogP contribution in [0.4, 0.5) is 11.8 Å². The highest BCUT2D eigenvalue weighted by Gasteiger charge is 2.19. The summed E-state index contributed by atoms with van der Waals surface area (Å²) in [5.41, 5.74) is 8.61. The number of rotatable bonds is 9. The monoisotopic (exact) mass is 487 g/mol. The predicted molar refractivity (Wildman–Crippen MR) is 147 cm³/mol. The van der Waals surface area contributed by atoms with E-state index in [0.29, 0.717) is 35.3 Å². The Balaban J connectivity index is 0.000000658. The number of aromatic nitrogens is 3. The summed E-state index contributed by atoms with van der Waals surface area (Å²) in [6.45, 7) is 22.4. The molecule has 0 fully saturated rings. The molecule has 2 rings (SSSR count). The largest absolute Gasteiger partial charge is 0.460 e. The lowest BCUT2D eigenvalue weighted by molar-refractivity contribution is -0.151. The van der Waals surface area contributed by atoms with Gasteiger partial charge in [-0.15, -0.1) is 0 Å². The highest BCUT2D eigenvalue weighted by Crippen LogP contribution is 2.26. The van der Waals surface area contributed by atoms with Gasteiger partial charge >= 0.3 is 5.97 Å². The number of aryl methyl sites for hydroxylation is 2. The average molecular weight is 488 g/mol. The van der Waals surface area contributed by atoms with E-state index in [1.54, 1.807) is 0 Å². The van der Waals surface area contributed by atoms with Gasteiger partial charge in [0.25, 0.3) is 0 Å². The minimum absolute atomic E-state index is 0.225. The van der Waals surface area contributed by atoms with Crippen LogP contribution in [0.2, 0.25) is 0 Å². The Hall–Kier alpha value is -2.44. The Bertz CT molecular complexity index is 952. The summed E-state index contributed by atoms with van der Waals surface area (Å²) in [4.78, 5) is 24.0. The average Bonchev–Trinajstić information content (AvgIpc) is 2.64. The van der Waals surface area contributed by atoms with Crippen molar-refractivity contribution in [1.82, 2.24) is 15.0 Å². The number of hydrogen-bond donors (Lipinski definition) is 2. The van der Waals surface area contributed by atoms with Gasteiger partial charge in [-0.1, -0.05) is 41.0 Å². The lowest BCUT2D eigenvalue weighted by Gasteiger charge is -2.25. The smallest absolute Gasteiger partial charge is 0.303 e. The SMILES string of the molecule is CC(=O)OC(C)(C)C.CCC(C)CC(C)CC(CC(C)C)Nc1nc(N)c2c(C)cc(C)nc2n1. The Labute approximate surface area is 213 Å². The quantitative estimate of drug-likeness (QED) is 0.372. The van der Waals surface area contributed by atoms with Gasteiger partial charge in [-0.25, -0.2) is 4.98 Å². The number of hydrogen-bond acceptors (Lipinski definition) is 7. The van der Waals surface area contributed by atoms with Gasteiger partial charge in [0, 0.05) is 18.7 Å². The van der Waals surface area contributed by atoms with Crippen LogP contribution in [0.15, 0.2) is 6.07 Å². The van der Waals surface area contributed by atoms with Gasteiger partial charge in [0.15, 0.2) is 5.65 Å². The van der Waals surface area contributed by atoms with E-state index in [1.807, 2.05) is 40.7 Å². The van der Waals surface area contributed by atoms with Crippen LogP contribution < -0.4 is 11.1 Å². The first kappa shape index (κ1) is 30.6. The molecule has 0 aliphatic heterocycles. The van der Waals surface area contributed by atoms with E-state index in [-0.39, 0.29) is 11.6 Å². The first-order valence-electron chi connectivity index (χ1n) is 13.0. The van der Waals surface area contributed by atoms with E-state index >= 15 is 0 Å². The molecule has 0 bridgehead atoms. The van der Waals surface area contributed by atoms with Crippen molar-refractivity contribution in [3.8, 4) is 0 Å². The van der Waals surface area contributed by atoms with Crippen molar-refractivity contribution in [3.05, 3.63) is 17.3 Å². The lowest BCUT2D eigenvalue weighted by Crippen LogP contribution is -2.26. The molecule has 2 aromatic rings. The molecule has 0 aliphatic carbocycles. The van der Waals surface area contributed by atoms with Gasteiger partial charge < -0.3 is 15.8 Å². The number of nitrogens with zero attached hydrogens (tertiary/aromatic N) is 3. The summed E-state index contributed by atoms with van der Waals surface area (Å²) in [6, 6.07) is 2.36. The fourth-order valence-corrected chi connectivity index (χ4v) is 4.41. The number of anilines is 2. The van der Waals surface area contributed by atoms with Gasteiger partial charge in [0.05, 0.1) is 5.39 Å². The molecule has 0 spiro atoms. The van der Waals surface area contributed by atoms with Crippen LogP contribution in [0.25, 0.3) is 11.0 Å². The van der Waals surface area contributed by atoms with E-state index in [1.165, 1.54) is 19.8 Å². The van der Waals surface area contributed by atoms with Crippen LogP contribution in [0, 0.1) is 31.6 Å². The van der Waals surface area contributed by atoms with Crippen molar-refractivity contribution in [2.75, 3.05) is 11.1 Å². The molecule has 0 radical (unpaired) electrons. The Morgan fingerprint density at radius 2 is 1.66 bits per heavy atom. The molecular formula is C28H49N5O2. The van der Waals surface area contributed by atoms with Crippen LogP contribution in [-0.2, 0) is 9.53 Å². The maximum atomic E-state index is 10.2. The molecule has 7 heteroatoms. The summed E-state index contributed by atoms with van der Waals surface area (Å²) in [5.74, 6) is 2.91. The Kier molecular flexibility index (Phi) is 11.9. The Morgan fingerprint density at radius 1 is 1.03 bits per heavy atom. The summed E-state index contributed by atoms with van der Waals surface area (Å²) < 4.78 is 4.80. The van der Waals surface area contributed by atoms with Crippen LogP contribution in [0.3, 0.4) is 0 Å². The zero-order valence-corrected chi connectivity index (χ0v) is 24.0. The highest BCUT2D eigenvalue weighted by molar-refractivity contribution is 5.89. The van der Waals surface area contributed by atoms with Gasteiger partial charge in [-0.05, 0) is 83.3 Å². The summed E-state index contributed by atoms with van der Waals surface area (Å²) in [5, 5.41) is 4.42. The molecule has 7 nitrogen and oxygen atoms in total. The second-order valence-corrected chi connectivity index (χ2v) is 11.5. The number of fused-ring (bicyclic) bond motifs is 1. The van der Waals surface area contributed by atoms with Gasteiger partial charge in [-0.2, -0.15) is 9.97 Å². The van der Waals surface area contributed by atoms with Crippen molar-refractivity contribution in [2.45, 2.75) is 113 Å². The van der Waals surface area contributed by atoms with Crippen LogP contribution in [0.5, 0.6) is 0 Å². The van der Waals surface area contributed by atoms with E-state index in [2.05, 4.69) is 54.9 Å². The zero-order valence-electron chi connectivity index (χ0n) is 24.0. The second kappa shape index (κ2) is 13.6. The highest BCUT2D eigenvalue weighted by atomic mass is 16.6. The van der Waals surface area contributed by atoms with Gasteiger partial charge in [-0.3, -0.25) is 4.79 Å². The second-order valence-electron chi connectivity index (χ2n) is 11.5. The molecule has 3 unspecified atom stereocenters. The summed E-state index contributed by atoms with van der Waals surface area (Å²) >= 11 is 0. The standard InChI is InChI=1S/C22H37N5.C6H12O2/c1-8-14(4)10-15(5)11-18(9-13(2)3)25-22-26-20(23)19-16(6)12-17(7)24-21(19)27-22;1-5(7)8-6(2,3)4/h12-15,18H,8-11H2,1-7H3,(H3,23,24,25,26,27);1-4H3. The third-order valence-corrected chi connectivity index (χ3v) is 5.75. The first-order valence-corrected chi connectivity index (χ1v) is 13.0. The zero-order chi connectivity index (χ0) is 26.9. The molecule has 0 amide bonds. The van der Waals surface area contributed by atoms with Crippen LogP contribution in [0.1, 0.15) is 99.3 Å². The number of nitrogens with one attached hydrogen (secondary N) is 1. The molecule has 3 N–H and O–H groups in total. The fraction of sp³-hybridized carbons (Fsp3) is 0.714. The molecular weight excluding hydrogens is 438 g/mol. The van der Waals surface area contributed by atoms with E-state index in [4.69, 9.17) is 10.5 Å². The molecule has 198 valence electrons. The molecule has 2 aromatic heterocycles. The molecule has 0 aliphatic rings. The molecule has 2 heterocycles. The van der Waals surface area contributed by atoms with Crippen molar-refractivity contribution >= 4 is 28.8 Å². The minimum Gasteiger partial charge on any atom is -0.460 e. The number of nitrogen functional groups attached to an aromatic ring is 1. The minimum atomic E-state index is -0.328. The van der Waals surface area contributed by atoms with E-state index in [9.17, 15) is 4.79 Å². The summed E-state index contributed by atoms with van der Waals surface area (Å²) in [7, 11) is 0. The number of nitrogens with two attached hydrogens (primary N) is 1. The molecule has 0 aromatic carbocycles. The van der Waals surface area contributed by atoms with Crippen molar-refractivity contribution in [2.24, 2.45) is 17.8 Å². The fourth-order valence-electron chi connectivity index (χ4n) is 4.41. The third kappa shape index (κ3) is 11.7. The number of pyridine rings is 1. The van der Waals surface area contributed by atoms with Gasteiger partial charge in [0.1, 0.15) is 11.4 Å². The van der Waals surface area contributed by atoms with E-state index in [0.717, 1.165) is 35.4 Å². The molecule has 35 heavy (non-hydrogen) atoms. The topological polar surface area (TPSA) is 103 Å². The van der Waals surface area contributed by atoms with Crippen LogP contribution >= 0.6 is 0 Å². The molecule has 3 atom stereocenters. The third-order valence-electron chi connectivity index (χ3n) is 5.75. The number of carbonyl (C=O) groups excluding carboxylic acids is 1. The van der Waals surface area contributed by atoms with Crippen molar-refractivity contribution in [3.63, 3.8) is 0 Å². The Morgan fingerprint density at radius 3 is 2.14 bits per heavy atom. The van der Waals surface area contributed by atoms with Crippen LogP contribution in [-0.4, -0.2) is 32.6 Å². The maximum Gasteiger partial charge on any atom is 0.303 e. The normalized spacial score (nSPS) is 14.2. The van der Waals surface area contributed by atoms with Crippen molar-refractivity contribution < 1.29 is 9.53 Å². The first-order chi connectivity index (χ1) is 16.1. The van der Waals surface area contributed by atoms with Crippen molar-refractivity contribution in [1.29, 1.82) is 0 Å². The number of esters is 1. The predicted octanol–water partition coefficient (Wildman–Crippen LogP) is 6.86. The number of carbonyl (C=O) groups is 1. The summed E-state index contributed by atoms with van der Waals surface area (Å²) in [6.07, 6.45) is 4.70. The lowest BCUT2D eigenvalue weighted by atomic mass is 9.88. The van der Waals surface area contributed by atoms with E-state index < -0.39 is 0 Å². The molecule has 0 saturated carbocycles. The maximum absolute atomic E-state index is 10.2. The molecule has 0 saturated heterocycles.